The number of aromatic nitrogens is 2. The third kappa shape index (κ3) is 24.3. The predicted molar refractivity (Wildman–Crippen MR) is 273 cm³/mol. The number of thiophene rings is 1. The zero-order chi connectivity index (χ0) is 45.3. The van der Waals surface area contributed by atoms with Crippen LogP contribution in [0.4, 0.5) is 17.1 Å². The summed E-state index contributed by atoms with van der Waals surface area (Å²) >= 11 is 3.58. The summed E-state index contributed by atoms with van der Waals surface area (Å²) in [5.41, 5.74) is 7.19. The van der Waals surface area contributed by atoms with Crippen molar-refractivity contribution in [1.82, 2.24) is 20.2 Å². The minimum Gasteiger partial charge on any atom is -0.485 e. The summed E-state index contributed by atoms with van der Waals surface area (Å²) in [5.74, 6) is 2.35. The van der Waals surface area contributed by atoms with Crippen molar-refractivity contribution in [2.45, 2.75) is 77.2 Å². The minimum atomic E-state index is -0.0759. The van der Waals surface area contributed by atoms with Crippen LogP contribution in [0.1, 0.15) is 68.4 Å². The van der Waals surface area contributed by atoms with Gasteiger partial charge in [-0.1, -0.05) is 52.6 Å². The lowest BCUT2D eigenvalue weighted by Crippen LogP contribution is -2.18. The molecule has 2 aliphatic heterocycles. The molecule has 0 aliphatic carbocycles. The molecule has 3 aromatic heterocycles. The Hall–Kier alpha value is -6.02. The minimum absolute atomic E-state index is 0. The SMILES string of the molecule is C.C.C=C1COc2ccc(C)cc2N1.C=C1Nc2ccc(C)cc2O1.CC(=O)Nc1cccnc1.CCN(C)C.CCNC(C)=O.Cc1ccc(C)s1.Cc1nc2ccccc2s1. The van der Waals surface area contributed by atoms with Crippen LogP contribution < -0.4 is 30.7 Å². The van der Waals surface area contributed by atoms with Gasteiger partial charge in [0.15, 0.2) is 11.6 Å². The van der Waals surface area contributed by atoms with Crippen LogP contribution in [0.15, 0.2) is 122 Å². The van der Waals surface area contributed by atoms with Gasteiger partial charge < -0.3 is 35.6 Å². The number of hydrogen-bond donors (Lipinski definition) is 4. The number of para-hydroxylation sites is 1. The van der Waals surface area contributed by atoms with E-state index in [0.29, 0.717) is 12.5 Å². The Morgan fingerprint density at radius 2 is 1.41 bits per heavy atom. The van der Waals surface area contributed by atoms with E-state index in [2.05, 4.69) is 115 Å². The van der Waals surface area contributed by atoms with Crippen molar-refractivity contribution >= 4 is 61.8 Å². The summed E-state index contributed by atoms with van der Waals surface area (Å²) in [4.78, 5) is 33.5. The number of ether oxygens (including phenoxy) is 2. The van der Waals surface area contributed by atoms with E-state index in [4.69, 9.17) is 9.47 Å². The molecular weight excluding hydrogens is 827 g/mol. The predicted octanol–water partition coefficient (Wildman–Crippen LogP) is 12.6. The number of nitrogens with zero attached hydrogens (tertiary/aromatic N) is 3. The number of pyridine rings is 1. The smallest absolute Gasteiger partial charge is 0.221 e. The van der Waals surface area contributed by atoms with Crippen LogP contribution in [-0.4, -0.2) is 60.5 Å². The summed E-state index contributed by atoms with van der Waals surface area (Å²) in [6.45, 7) is 27.3. The lowest BCUT2D eigenvalue weighted by atomic mass is 10.2. The molecule has 0 saturated carbocycles. The maximum atomic E-state index is 10.5. The number of benzene rings is 3. The van der Waals surface area contributed by atoms with Crippen molar-refractivity contribution in [2.24, 2.45) is 0 Å². The monoisotopic (exact) mass is 898 g/mol. The number of hydrogen-bond acceptors (Lipinski definition) is 11. The van der Waals surface area contributed by atoms with Gasteiger partial charge in [-0.25, -0.2) is 4.98 Å². The second kappa shape index (κ2) is 30.9. The van der Waals surface area contributed by atoms with E-state index in [9.17, 15) is 9.59 Å². The van der Waals surface area contributed by atoms with E-state index in [0.717, 1.165) is 57.9 Å². The average molecular weight is 898 g/mol. The summed E-state index contributed by atoms with van der Waals surface area (Å²) < 4.78 is 12.0. The summed E-state index contributed by atoms with van der Waals surface area (Å²) in [6, 6.07) is 28.1. The van der Waals surface area contributed by atoms with Gasteiger partial charge in [0.2, 0.25) is 11.8 Å². The fourth-order valence-corrected chi connectivity index (χ4v) is 6.42. The average Bonchev–Trinajstić information content (AvgIpc) is 3.91. The zero-order valence-corrected chi connectivity index (χ0v) is 39.2. The quantitative estimate of drug-likeness (QED) is 0.137. The van der Waals surface area contributed by atoms with Gasteiger partial charge in [0.05, 0.1) is 38.5 Å². The molecule has 11 nitrogen and oxygen atoms in total. The standard InChI is InChI=1S/C10H11NO.C9H9NO.C8H7NS.C7H8N2O.C6H8S.C4H9NO.C4H11N.2CH4/c1-7-3-4-10-9(5-7)11-8(2)6-12-10;1-6-3-4-8-9(5-6)11-7(2)10-8;1-6-9-7-4-2-3-5-8(7)10-6;1-6(10)9-7-3-2-4-8-5-7;1-5-3-4-6(2)7-5;1-3-5-4(2)6;1-4-5(2)3;;/h3-5,11H,2,6H2,1H3;3-5,10H,2H2,1H3;2-5H,1H3;2-5H,1H3,(H,9,10);3-4H,1-2H3;3H2,1-2H3,(H,5,6);4H2,1-3H3;2*1H4. The van der Waals surface area contributed by atoms with Crippen molar-refractivity contribution in [3.05, 3.63) is 148 Å². The van der Waals surface area contributed by atoms with Gasteiger partial charge >= 0.3 is 0 Å². The van der Waals surface area contributed by atoms with Gasteiger partial charge in [-0.15, -0.1) is 22.7 Å². The molecular formula is C50H71N7O4S2. The van der Waals surface area contributed by atoms with Gasteiger partial charge in [-0.05, 0) is 141 Å². The summed E-state index contributed by atoms with van der Waals surface area (Å²) in [7, 11) is 4.11. The second-order valence-corrected chi connectivity index (χ2v) is 16.7. The molecule has 0 atom stereocenters. The Morgan fingerprint density at radius 1 is 0.778 bits per heavy atom. The van der Waals surface area contributed by atoms with Crippen LogP contribution in [0.5, 0.6) is 11.5 Å². The fraction of sp³-hybridized carbons (Fsp3) is 0.320. The van der Waals surface area contributed by atoms with Crippen LogP contribution in [-0.2, 0) is 9.59 Å². The van der Waals surface area contributed by atoms with Crippen molar-refractivity contribution in [1.29, 1.82) is 0 Å². The van der Waals surface area contributed by atoms with Crippen LogP contribution in [0.3, 0.4) is 0 Å². The molecule has 13 heteroatoms. The number of fused-ring (bicyclic) bond motifs is 3. The Bertz CT molecular complexity index is 2220. The van der Waals surface area contributed by atoms with Crippen molar-refractivity contribution in [3.8, 4) is 11.5 Å². The molecule has 6 aromatic rings. The molecule has 8 rings (SSSR count). The molecule has 63 heavy (non-hydrogen) atoms. The second-order valence-electron chi connectivity index (χ2n) is 13.9. The van der Waals surface area contributed by atoms with Gasteiger partial charge in [-0.2, -0.15) is 0 Å². The normalized spacial score (nSPS) is 10.8. The van der Waals surface area contributed by atoms with Gasteiger partial charge in [0.1, 0.15) is 12.4 Å². The van der Waals surface area contributed by atoms with Crippen LogP contribution in [0, 0.1) is 34.6 Å². The van der Waals surface area contributed by atoms with Crippen molar-refractivity contribution in [2.75, 3.05) is 49.7 Å². The third-order valence-corrected chi connectivity index (χ3v) is 9.68. The van der Waals surface area contributed by atoms with E-state index in [1.165, 1.54) is 39.4 Å². The van der Waals surface area contributed by atoms with E-state index in [-0.39, 0.29) is 26.7 Å². The first-order valence-electron chi connectivity index (χ1n) is 19.8. The molecule has 3 aromatic carbocycles. The first kappa shape index (κ1) is 57.0. The molecule has 2 amide bonds. The highest BCUT2D eigenvalue weighted by atomic mass is 32.1. The Labute approximate surface area is 385 Å². The zero-order valence-electron chi connectivity index (χ0n) is 37.6. The molecule has 5 heterocycles. The highest BCUT2D eigenvalue weighted by molar-refractivity contribution is 7.18. The van der Waals surface area contributed by atoms with Crippen LogP contribution >= 0.6 is 22.7 Å². The van der Waals surface area contributed by atoms with Gasteiger partial charge in [0, 0.05) is 42.0 Å². The van der Waals surface area contributed by atoms with E-state index < -0.39 is 0 Å². The number of anilines is 3. The maximum Gasteiger partial charge on any atom is 0.221 e. The number of thiazole rings is 1. The highest BCUT2D eigenvalue weighted by Gasteiger charge is 2.13. The Morgan fingerprint density at radius 3 is 1.94 bits per heavy atom. The Kier molecular flexibility index (Phi) is 28.0. The van der Waals surface area contributed by atoms with Crippen molar-refractivity contribution < 1.29 is 19.1 Å². The first-order valence-corrected chi connectivity index (χ1v) is 21.5. The lowest BCUT2D eigenvalue weighted by molar-refractivity contribution is -0.119. The highest BCUT2D eigenvalue weighted by Crippen LogP contribution is 2.33. The third-order valence-electron chi connectivity index (χ3n) is 7.81. The van der Waals surface area contributed by atoms with Gasteiger partial charge in [0.25, 0.3) is 0 Å². The number of carbonyl (C=O) groups is 2. The molecule has 0 fully saturated rings. The molecule has 0 saturated heterocycles. The molecule has 2 aliphatic rings. The fourth-order valence-electron chi connectivity index (χ4n) is 4.82. The Balaban J connectivity index is 0.000000721. The van der Waals surface area contributed by atoms with Crippen LogP contribution in [0.2, 0.25) is 0 Å². The number of carbonyl (C=O) groups excluding carboxylic acids is 2. The van der Waals surface area contributed by atoms with E-state index >= 15 is 0 Å². The molecule has 0 bridgehead atoms. The maximum absolute atomic E-state index is 10.5. The number of aryl methyl sites for hydroxylation is 5. The number of amides is 2. The topological polar surface area (TPSA) is 130 Å². The molecule has 0 spiro atoms. The molecule has 4 N–H and O–H groups in total. The lowest BCUT2D eigenvalue weighted by Gasteiger charge is -2.20. The van der Waals surface area contributed by atoms with Gasteiger partial charge in [-0.3, -0.25) is 14.6 Å². The summed E-state index contributed by atoms with van der Waals surface area (Å²) in [5, 5.41) is 12.5. The molecule has 0 radical (unpaired) electrons. The van der Waals surface area contributed by atoms with Crippen LogP contribution in [0.25, 0.3) is 10.2 Å². The summed E-state index contributed by atoms with van der Waals surface area (Å²) in [6.07, 6.45) is 3.26. The van der Waals surface area contributed by atoms with E-state index in [1.54, 1.807) is 35.9 Å². The first-order chi connectivity index (χ1) is 29.0. The number of rotatable bonds is 3. The number of nitrogens with one attached hydrogen (secondary N) is 4. The van der Waals surface area contributed by atoms with E-state index in [1.807, 2.05) is 80.6 Å². The van der Waals surface area contributed by atoms with Crippen molar-refractivity contribution in [3.63, 3.8) is 0 Å². The molecule has 0 unspecified atom stereocenters. The largest absolute Gasteiger partial charge is 0.485 e. The molecule has 342 valence electrons.